The molecule has 0 fully saturated rings. The first-order valence-corrected chi connectivity index (χ1v) is 7.52. The molecule has 2 aromatic rings. The number of nitrogens with one attached hydrogen (secondary N) is 1. The smallest absolute Gasteiger partial charge is 0.126 e. The van der Waals surface area contributed by atoms with Crippen molar-refractivity contribution in [2.45, 2.75) is 19.9 Å². The lowest BCUT2D eigenvalue weighted by molar-refractivity contribution is 0.609. The fourth-order valence-electron chi connectivity index (χ4n) is 1.91. The number of halogens is 2. The number of rotatable bonds is 4. The first-order valence-electron chi connectivity index (χ1n) is 5.85. The molecule has 1 aromatic heterocycles. The maximum Gasteiger partial charge on any atom is 0.126 e. The summed E-state index contributed by atoms with van der Waals surface area (Å²) in [5.41, 5.74) is 1.79. The molecule has 1 aromatic carbocycles. The van der Waals surface area contributed by atoms with E-state index < -0.39 is 0 Å². The molecule has 18 heavy (non-hydrogen) atoms. The molecule has 0 aliphatic carbocycles. The minimum atomic E-state index is -0.152. The van der Waals surface area contributed by atoms with Crippen LogP contribution in [-0.4, -0.2) is 6.54 Å². The van der Waals surface area contributed by atoms with Gasteiger partial charge in [0.1, 0.15) is 5.82 Å². The molecule has 0 bridgehead atoms. The molecule has 4 heteroatoms. The van der Waals surface area contributed by atoms with E-state index in [4.69, 9.17) is 0 Å². The Balaban J connectivity index is 2.37. The molecule has 1 heterocycles. The van der Waals surface area contributed by atoms with Gasteiger partial charge < -0.3 is 5.32 Å². The topological polar surface area (TPSA) is 12.0 Å². The third-order valence-electron chi connectivity index (χ3n) is 2.80. The summed E-state index contributed by atoms with van der Waals surface area (Å²) in [6, 6.07) is 7.54. The van der Waals surface area contributed by atoms with Crippen molar-refractivity contribution in [3.63, 3.8) is 0 Å². The summed E-state index contributed by atoms with van der Waals surface area (Å²) in [5.74, 6) is -0.152. The van der Waals surface area contributed by atoms with Crippen molar-refractivity contribution in [2.24, 2.45) is 0 Å². The summed E-state index contributed by atoms with van der Waals surface area (Å²) in [7, 11) is 0. The van der Waals surface area contributed by atoms with Crippen LogP contribution in [0.25, 0.3) is 0 Å². The predicted molar refractivity (Wildman–Crippen MR) is 78.7 cm³/mol. The highest BCUT2D eigenvalue weighted by molar-refractivity contribution is 9.10. The molecule has 0 saturated carbocycles. The molecule has 1 nitrogen and oxygen atoms in total. The second-order valence-corrected chi connectivity index (χ2v) is 6.03. The van der Waals surface area contributed by atoms with Crippen LogP contribution in [0.5, 0.6) is 0 Å². The van der Waals surface area contributed by atoms with Gasteiger partial charge in [-0.15, -0.1) is 11.3 Å². The highest BCUT2D eigenvalue weighted by Gasteiger charge is 2.15. The van der Waals surface area contributed by atoms with Crippen molar-refractivity contribution in [1.82, 2.24) is 5.32 Å². The summed E-state index contributed by atoms with van der Waals surface area (Å²) >= 11 is 5.17. The van der Waals surface area contributed by atoms with E-state index in [1.54, 1.807) is 18.3 Å². The quantitative estimate of drug-likeness (QED) is 0.861. The highest BCUT2D eigenvalue weighted by Crippen LogP contribution is 2.30. The average molecular weight is 328 g/mol. The number of aryl methyl sites for hydroxylation is 1. The largest absolute Gasteiger partial charge is 0.306 e. The Labute approximate surface area is 119 Å². The molecule has 0 radical (unpaired) electrons. The van der Waals surface area contributed by atoms with E-state index in [1.807, 2.05) is 12.1 Å². The van der Waals surface area contributed by atoms with Crippen molar-refractivity contribution in [2.75, 3.05) is 6.54 Å². The van der Waals surface area contributed by atoms with Crippen LogP contribution in [0.4, 0.5) is 4.39 Å². The van der Waals surface area contributed by atoms with E-state index in [-0.39, 0.29) is 11.9 Å². The predicted octanol–water partition coefficient (Wildman–Crippen LogP) is 4.66. The number of hydrogen-bond acceptors (Lipinski definition) is 2. The lowest BCUT2D eigenvalue weighted by atomic mass is 10.0. The molecule has 0 aliphatic rings. The van der Waals surface area contributed by atoms with Crippen LogP contribution >= 0.6 is 27.3 Å². The Morgan fingerprint density at radius 1 is 1.39 bits per heavy atom. The Hall–Kier alpha value is -0.710. The zero-order chi connectivity index (χ0) is 13.1. The third-order valence-corrected chi connectivity index (χ3v) is 4.55. The molecule has 0 saturated heterocycles. The van der Waals surface area contributed by atoms with E-state index in [1.165, 1.54) is 10.9 Å². The molecule has 2 rings (SSSR count). The maximum atomic E-state index is 13.3. The first-order chi connectivity index (χ1) is 8.61. The summed E-state index contributed by atoms with van der Waals surface area (Å²) in [5, 5.41) is 5.51. The van der Waals surface area contributed by atoms with Crippen LogP contribution in [-0.2, 0) is 0 Å². The molecule has 0 spiro atoms. The maximum absolute atomic E-state index is 13.3. The van der Waals surface area contributed by atoms with Crippen LogP contribution in [0.1, 0.15) is 29.0 Å². The Kier molecular flexibility index (Phi) is 4.54. The highest BCUT2D eigenvalue weighted by atomic mass is 79.9. The van der Waals surface area contributed by atoms with E-state index in [0.29, 0.717) is 5.56 Å². The van der Waals surface area contributed by atoms with Crippen LogP contribution in [0.3, 0.4) is 0 Å². The summed E-state index contributed by atoms with van der Waals surface area (Å²) < 4.78 is 14.4. The number of benzene rings is 1. The molecule has 1 atom stereocenters. The van der Waals surface area contributed by atoms with E-state index in [0.717, 1.165) is 16.6 Å². The van der Waals surface area contributed by atoms with E-state index >= 15 is 0 Å². The Morgan fingerprint density at radius 3 is 2.72 bits per heavy atom. The van der Waals surface area contributed by atoms with Crippen molar-refractivity contribution in [3.8, 4) is 0 Å². The average Bonchev–Trinajstić information content (AvgIpc) is 2.76. The first kappa shape index (κ1) is 13.7. The van der Waals surface area contributed by atoms with Crippen molar-refractivity contribution < 1.29 is 4.39 Å². The monoisotopic (exact) mass is 327 g/mol. The van der Waals surface area contributed by atoms with Crippen molar-refractivity contribution in [3.05, 3.63) is 55.9 Å². The summed E-state index contributed by atoms with van der Waals surface area (Å²) in [4.78, 5) is 1.23. The van der Waals surface area contributed by atoms with Crippen LogP contribution in [0, 0.1) is 12.7 Å². The van der Waals surface area contributed by atoms with Crippen LogP contribution in [0.15, 0.2) is 34.1 Å². The minimum absolute atomic E-state index is 0.130. The van der Waals surface area contributed by atoms with Gasteiger partial charge in [-0.05, 0) is 52.7 Å². The molecular formula is C14H15BrFNS. The van der Waals surface area contributed by atoms with Gasteiger partial charge in [0.2, 0.25) is 0 Å². The van der Waals surface area contributed by atoms with Gasteiger partial charge in [0.25, 0.3) is 0 Å². The minimum Gasteiger partial charge on any atom is -0.306 e. The molecule has 0 amide bonds. The van der Waals surface area contributed by atoms with Gasteiger partial charge in [-0.1, -0.05) is 19.1 Å². The fourth-order valence-corrected chi connectivity index (χ4v) is 3.46. The second-order valence-electron chi connectivity index (χ2n) is 4.17. The number of thiophene rings is 1. The van der Waals surface area contributed by atoms with E-state index in [2.05, 4.69) is 39.6 Å². The normalized spacial score (nSPS) is 12.7. The van der Waals surface area contributed by atoms with Gasteiger partial charge in [0.05, 0.1) is 6.04 Å². The van der Waals surface area contributed by atoms with Gasteiger partial charge in [0.15, 0.2) is 0 Å². The standard InChI is InChI=1S/C14H15BrFNS/c1-3-17-14(13-7-11(15)8-18-13)10-4-5-12(16)9(2)6-10/h4-8,14,17H,3H2,1-2H3. The SMILES string of the molecule is CCNC(c1ccc(F)c(C)c1)c1cc(Br)cs1. The molecule has 1 N–H and O–H groups in total. The van der Waals surface area contributed by atoms with Crippen molar-refractivity contribution >= 4 is 27.3 Å². The second kappa shape index (κ2) is 5.95. The van der Waals surface area contributed by atoms with Crippen LogP contribution in [0.2, 0.25) is 0 Å². The van der Waals surface area contributed by atoms with Crippen molar-refractivity contribution in [1.29, 1.82) is 0 Å². The molecule has 1 unspecified atom stereocenters. The lowest BCUT2D eigenvalue weighted by Gasteiger charge is -2.17. The van der Waals surface area contributed by atoms with Crippen LogP contribution < -0.4 is 5.32 Å². The molecule has 0 aliphatic heterocycles. The fraction of sp³-hybridized carbons (Fsp3) is 0.286. The van der Waals surface area contributed by atoms with Gasteiger partial charge >= 0.3 is 0 Å². The molecular weight excluding hydrogens is 313 g/mol. The zero-order valence-corrected chi connectivity index (χ0v) is 12.7. The van der Waals surface area contributed by atoms with Gasteiger partial charge in [-0.25, -0.2) is 4.39 Å². The zero-order valence-electron chi connectivity index (χ0n) is 10.3. The van der Waals surface area contributed by atoms with Gasteiger partial charge in [-0.2, -0.15) is 0 Å². The Morgan fingerprint density at radius 2 is 2.17 bits per heavy atom. The summed E-state index contributed by atoms with van der Waals surface area (Å²) in [6.45, 7) is 4.74. The lowest BCUT2D eigenvalue weighted by Crippen LogP contribution is -2.21. The van der Waals surface area contributed by atoms with E-state index in [9.17, 15) is 4.39 Å². The summed E-state index contributed by atoms with van der Waals surface area (Å²) in [6.07, 6.45) is 0. The third kappa shape index (κ3) is 2.99. The van der Waals surface area contributed by atoms with Gasteiger partial charge in [0, 0.05) is 14.7 Å². The van der Waals surface area contributed by atoms with Gasteiger partial charge in [-0.3, -0.25) is 0 Å². The number of hydrogen-bond donors (Lipinski definition) is 1. The Bertz CT molecular complexity index is 538. The molecule has 96 valence electrons.